The van der Waals surface area contributed by atoms with Gasteiger partial charge in [-0.05, 0) is 51.2 Å². The first-order valence-electron chi connectivity index (χ1n) is 9.54. The second kappa shape index (κ2) is 11.5. The van der Waals surface area contributed by atoms with Crippen molar-refractivity contribution in [2.75, 3.05) is 19.6 Å². The smallest absolute Gasteiger partial charge is 0.0357 e. The zero-order valence-electron chi connectivity index (χ0n) is 16.0. The molecule has 2 unspecified atom stereocenters. The van der Waals surface area contributed by atoms with Gasteiger partial charge in [0.05, 0.1) is 0 Å². The summed E-state index contributed by atoms with van der Waals surface area (Å²) >= 11 is 0. The van der Waals surface area contributed by atoms with Crippen LogP contribution in [0.15, 0.2) is 0 Å². The Hall–Kier alpha value is -0.0800. The normalized spacial score (nSPS) is 15.4. The lowest BCUT2D eigenvalue weighted by molar-refractivity contribution is 0.0403. The van der Waals surface area contributed by atoms with E-state index in [0.717, 1.165) is 25.6 Å². The molecule has 0 saturated carbocycles. The van der Waals surface area contributed by atoms with Gasteiger partial charge in [0.15, 0.2) is 0 Å². The molecular weight excluding hydrogens is 256 g/mol. The number of nitrogens with zero attached hydrogens (tertiary/aromatic N) is 1. The summed E-state index contributed by atoms with van der Waals surface area (Å²) in [5, 5.41) is 3.91. The molecule has 2 atom stereocenters. The van der Waals surface area contributed by atoms with Crippen molar-refractivity contribution in [3.05, 3.63) is 0 Å². The maximum Gasteiger partial charge on any atom is 0.0357 e. The van der Waals surface area contributed by atoms with Crippen molar-refractivity contribution in [1.29, 1.82) is 0 Å². The Morgan fingerprint density at radius 2 is 1.48 bits per heavy atom. The van der Waals surface area contributed by atoms with Crippen LogP contribution < -0.4 is 5.32 Å². The zero-order chi connectivity index (χ0) is 16.3. The van der Waals surface area contributed by atoms with Crippen LogP contribution in [0.4, 0.5) is 0 Å². The van der Waals surface area contributed by atoms with Crippen molar-refractivity contribution < 1.29 is 0 Å². The van der Waals surface area contributed by atoms with E-state index in [9.17, 15) is 0 Å². The van der Waals surface area contributed by atoms with Gasteiger partial charge in [0.25, 0.3) is 0 Å². The summed E-state index contributed by atoms with van der Waals surface area (Å²) in [6.07, 6.45) is 7.67. The fourth-order valence-corrected chi connectivity index (χ4v) is 4.09. The Kier molecular flexibility index (Phi) is 11.4. The molecule has 0 heterocycles. The molecule has 0 saturated heterocycles. The summed E-state index contributed by atoms with van der Waals surface area (Å²) in [5.74, 6) is 0.817. The van der Waals surface area contributed by atoms with E-state index in [2.05, 4.69) is 58.7 Å². The standard InChI is InChI=1S/C19H42N2/c1-8-14-17(7)16-18(20-15-9-2)19(10-3,11-4)21(12-5)13-6/h17-18,20H,8-16H2,1-7H3. The van der Waals surface area contributed by atoms with Crippen molar-refractivity contribution in [3.8, 4) is 0 Å². The molecule has 0 aromatic rings. The quantitative estimate of drug-likeness (QED) is 0.510. The second-order valence-electron chi connectivity index (χ2n) is 6.62. The zero-order valence-corrected chi connectivity index (χ0v) is 16.0. The van der Waals surface area contributed by atoms with Crippen LogP contribution in [0.2, 0.25) is 0 Å². The molecule has 2 nitrogen and oxygen atoms in total. The molecule has 0 aliphatic carbocycles. The first kappa shape index (κ1) is 20.9. The molecule has 2 heteroatoms. The fourth-order valence-electron chi connectivity index (χ4n) is 4.09. The molecule has 0 radical (unpaired) electrons. The summed E-state index contributed by atoms with van der Waals surface area (Å²) in [6, 6.07) is 0.619. The lowest BCUT2D eigenvalue weighted by Crippen LogP contribution is -2.61. The Morgan fingerprint density at radius 3 is 1.86 bits per heavy atom. The van der Waals surface area contributed by atoms with E-state index in [-0.39, 0.29) is 0 Å². The van der Waals surface area contributed by atoms with Crippen molar-refractivity contribution >= 4 is 0 Å². The van der Waals surface area contributed by atoms with E-state index in [0.29, 0.717) is 11.6 Å². The monoisotopic (exact) mass is 298 g/mol. The first-order chi connectivity index (χ1) is 10.1. The van der Waals surface area contributed by atoms with Gasteiger partial charge in [-0.15, -0.1) is 0 Å². The molecular formula is C19H42N2. The van der Waals surface area contributed by atoms with Crippen molar-refractivity contribution in [2.24, 2.45) is 5.92 Å². The topological polar surface area (TPSA) is 15.3 Å². The lowest BCUT2D eigenvalue weighted by Gasteiger charge is -2.49. The van der Waals surface area contributed by atoms with Crippen LogP contribution in [0.3, 0.4) is 0 Å². The molecule has 0 fully saturated rings. The van der Waals surface area contributed by atoms with Gasteiger partial charge >= 0.3 is 0 Å². The van der Waals surface area contributed by atoms with Crippen molar-refractivity contribution in [2.45, 2.75) is 98.6 Å². The highest BCUT2D eigenvalue weighted by molar-refractivity contribution is 4.99. The molecule has 0 amide bonds. The molecule has 0 rings (SSSR count). The predicted octanol–water partition coefficient (Wildman–Crippen LogP) is 5.08. The molecule has 0 aliphatic rings. The molecule has 0 aromatic carbocycles. The minimum atomic E-state index is 0.320. The number of hydrogen-bond donors (Lipinski definition) is 1. The first-order valence-corrected chi connectivity index (χ1v) is 9.54. The fraction of sp³-hybridized carbons (Fsp3) is 1.00. The van der Waals surface area contributed by atoms with E-state index < -0.39 is 0 Å². The third-order valence-electron chi connectivity index (χ3n) is 5.33. The maximum absolute atomic E-state index is 3.91. The third-order valence-corrected chi connectivity index (χ3v) is 5.33. The van der Waals surface area contributed by atoms with E-state index >= 15 is 0 Å². The van der Waals surface area contributed by atoms with Gasteiger partial charge in [-0.2, -0.15) is 0 Å². The van der Waals surface area contributed by atoms with Crippen LogP contribution in [0, 0.1) is 5.92 Å². The molecule has 0 aliphatic heterocycles. The van der Waals surface area contributed by atoms with Crippen molar-refractivity contribution in [1.82, 2.24) is 10.2 Å². The van der Waals surface area contributed by atoms with E-state index in [1.807, 2.05) is 0 Å². The van der Waals surface area contributed by atoms with Crippen LogP contribution in [0.1, 0.15) is 87.0 Å². The average Bonchev–Trinajstić information content (AvgIpc) is 2.49. The Labute approximate surface area is 135 Å². The lowest BCUT2D eigenvalue weighted by atomic mass is 9.77. The molecule has 0 bridgehead atoms. The van der Waals surface area contributed by atoms with Gasteiger partial charge in [0, 0.05) is 11.6 Å². The van der Waals surface area contributed by atoms with Gasteiger partial charge in [0.2, 0.25) is 0 Å². The van der Waals surface area contributed by atoms with Crippen LogP contribution in [-0.2, 0) is 0 Å². The summed E-state index contributed by atoms with van der Waals surface area (Å²) in [7, 11) is 0. The van der Waals surface area contributed by atoms with E-state index in [4.69, 9.17) is 0 Å². The summed E-state index contributed by atoms with van der Waals surface area (Å²) in [4.78, 5) is 2.71. The Bertz CT molecular complexity index is 232. The largest absolute Gasteiger partial charge is 0.312 e. The van der Waals surface area contributed by atoms with Gasteiger partial charge in [-0.25, -0.2) is 0 Å². The molecule has 128 valence electrons. The average molecular weight is 299 g/mol. The van der Waals surface area contributed by atoms with Crippen LogP contribution in [0.25, 0.3) is 0 Å². The summed E-state index contributed by atoms with van der Waals surface area (Å²) in [5.41, 5.74) is 0.320. The molecule has 21 heavy (non-hydrogen) atoms. The van der Waals surface area contributed by atoms with Gasteiger partial charge in [-0.1, -0.05) is 61.3 Å². The molecule has 0 aromatic heterocycles. The van der Waals surface area contributed by atoms with Crippen LogP contribution in [-0.4, -0.2) is 36.1 Å². The van der Waals surface area contributed by atoms with E-state index in [1.165, 1.54) is 38.5 Å². The minimum Gasteiger partial charge on any atom is -0.312 e. The minimum absolute atomic E-state index is 0.320. The molecule has 0 spiro atoms. The van der Waals surface area contributed by atoms with Gasteiger partial charge < -0.3 is 5.32 Å². The summed E-state index contributed by atoms with van der Waals surface area (Å²) in [6.45, 7) is 19.9. The molecule has 1 N–H and O–H groups in total. The highest BCUT2D eigenvalue weighted by Gasteiger charge is 2.39. The van der Waals surface area contributed by atoms with Gasteiger partial charge in [0.1, 0.15) is 0 Å². The summed E-state index contributed by atoms with van der Waals surface area (Å²) < 4.78 is 0. The van der Waals surface area contributed by atoms with Crippen molar-refractivity contribution in [3.63, 3.8) is 0 Å². The highest BCUT2D eigenvalue weighted by Crippen LogP contribution is 2.32. The van der Waals surface area contributed by atoms with E-state index in [1.54, 1.807) is 0 Å². The van der Waals surface area contributed by atoms with Crippen LogP contribution in [0.5, 0.6) is 0 Å². The number of hydrogen-bond acceptors (Lipinski definition) is 2. The maximum atomic E-state index is 3.91. The number of nitrogens with one attached hydrogen (secondary N) is 1. The van der Waals surface area contributed by atoms with Crippen LogP contribution >= 0.6 is 0 Å². The second-order valence-corrected chi connectivity index (χ2v) is 6.62. The SMILES string of the molecule is CCCNC(CC(C)CCC)C(CC)(CC)N(CC)CC. The number of rotatable bonds is 13. The number of likely N-dealkylation sites (N-methyl/N-ethyl adjacent to an activating group) is 1. The third kappa shape index (κ3) is 5.90. The Morgan fingerprint density at radius 1 is 0.905 bits per heavy atom. The highest BCUT2D eigenvalue weighted by atomic mass is 15.2. The van der Waals surface area contributed by atoms with Gasteiger partial charge in [-0.3, -0.25) is 4.90 Å². The Balaban J connectivity index is 5.24. The predicted molar refractivity (Wildman–Crippen MR) is 97.0 cm³/mol.